The summed E-state index contributed by atoms with van der Waals surface area (Å²) in [5, 5.41) is 8.45. The van der Waals surface area contributed by atoms with E-state index < -0.39 is 30.6 Å². The van der Waals surface area contributed by atoms with Crippen molar-refractivity contribution in [1.29, 1.82) is 0 Å². The average Bonchev–Trinajstić information content (AvgIpc) is 2.88. The van der Waals surface area contributed by atoms with Gasteiger partial charge in [0.15, 0.2) is 6.10 Å². The maximum Gasteiger partial charge on any atom is 0.417 e. The number of carbonyl (C=O) groups excluding carboxylic acids is 2. The van der Waals surface area contributed by atoms with Gasteiger partial charge in [0.05, 0.1) is 0 Å². The Kier molecular flexibility index (Phi) is 1.90. The zero-order chi connectivity index (χ0) is 10.3. The summed E-state index contributed by atoms with van der Waals surface area (Å²) in [5.74, 6) is -1.63. The predicted molar refractivity (Wildman–Crippen MR) is 42.3 cm³/mol. The number of hydrogen-bond donors (Lipinski definition) is 1. The highest BCUT2D eigenvalue weighted by atomic mass is 16.6. The van der Waals surface area contributed by atoms with Gasteiger partial charge >= 0.3 is 12.1 Å². The molecular weight excluding hydrogens is 190 g/mol. The van der Waals surface area contributed by atoms with Gasteiger partial charge in [0.2, 0.25) is 0 Å². The lowest BCUT2D eigenvalue weighted by molar-refractivity contribution is -0.142. The number of imide groups is 1. The number of aliphatic carboxylic acids is 1. The number of carboxylic acids is 1. The Bertz CT molecular complexity index is 309. The van der Waals surface area contributed by atoms with E-state index in [1.807, 2.05) is 0 Å². The third kappa shape index (κ3) is 1.43. The van der Waals surface area contributed by atoms with Crippen LogP contribution in [0.5, 0.6) is 0 Å². The van der Waals surface area contributed by atoms with Crippen LogP contribution in [0.25, 0.3) is 0 Å². The van der Waals surface area contributed by atoms with E-state index in [0.29, 0.717) is 4.90 Å². The van der Waals surface area contributed by atoms with Gasteiger partial charge in [-0.25, -0.2) is 9.69 Å². The lowest BCUT2D eigenvalue weighted by Gasteiger charge is -2.06. The van der Waals surface area contributed by atoms with Crippen molar-refractivity contribution in [2.45, 2.75) is 18.9 Å². The normalized spacial score (nSPS) is 26.6. The largest absolute Gasteiger partial charge is 0.480 e. The molecule has 0 aromatic carbocycles. The van der Waals surface area contributed by atoms with E-state index in [-0.39, 0.29) is 5.92 Å². The highest BCUT2D eigenvalue weighted by Crippen LogP contribution is 2.37. The summed E-state index contributed by atoms with van der Waals surface area (Å²) in [6, 6.07) is 0. The van der Waals surface area contributed by atoms with Crippen LogP contribution >= 0.6 is 0 Å². The van der Waals surface area contributed by atoms with Gasteiger partial charge in [-0.2, -0.15) is 0 Å². The van der Waals surface area contributed by atoms with Crippen molar-refractivity contribution >= 4 is 18.0 Å². The molecule has 2 aliphatic rings. The van der Waals surface area contributed by atoms with Crippen LogP contribution in [0.2, 0.25) is 0 Å². The molecule has 1 heterocycles. The van der Waals surface area contributed by atoms with Crippen LogP contribution in [-0.2, 0) is 14.3 Å². The van der Waals surface area contributed by atoms with Crippen molar-refractivity contribution in [2.75, 3.05) is 6.54 Å². The van der Waals surface area contributed by atoms with Crippen LogP contribution < -0.4 is 0 Å². The quantitative estimate of drug-likeness (QED) is 0.682. The number of rotatable bonds is 3. The summed E-state index contributed by atoms with van der Waals surface area (Å²) in [4.78, 5) is 33.5. The summed E-state index contributed by atoms with van der Waals surface area (Å²) >= 11 is 0. The van der Waals surface area contributed by atoms with E-state index >= 15 is 0 Å². The summed E-state index contributed by atoms with van der Waals surface area (Å²) < 4.78 is 4.79. The molecule has 14 heavy (non-hydrogen) atoms. The Hall–Kier alpha value is -1.59. The number of cyclic esters (lactones) is 1. The van der Waals surface area contributed by atoms with Gasteiger partial charge in [-0.1, -0.05) is 0 Å². The van der Waals surface area contributed by atoms with Crippen LogP contribution in [0.3, 0.4) is 0 Å². The third-order valence-corrected chi connectivity index (χ3v) is 2.30. The molecule has 2 fully saturated rings. The van der Waals surface area contributed by atoms with Gasteiger partial charge in [-0.05, 0) is 12.8 Å². The van der Waals surface area contributed by atoms with Gasteiger partial charge in [0.25, 0.3) is 5.91 Å². The molecule has 1 N–H and O–H groups in total. The third-order valence-electron chi connectivity index (χ3n) is 2.30. The zero-order valence-corrected chi connectivity index (χ0v) is 7.30. The van der Waals surface area contributed by atoms with Crippen molar-refractivity contribution in [3.05, 3.63) is 0 Å². The minimum atomic E-state index is -1.22. The summed E-state index contributed by atoms with van der Waals surface area (Å²) in [5.41, 5.74) is 0. The second-order valence-electron chi connectivity index (χ2n) is 3.46. The molecule has 0 aromatic rings. The molecule has 1 aliphatic heterocycles. The fourth-order valence-corrected chi connectivity index (χ4v) is 1.44. The van der Waals surface area contributed by atoms with E-state index in [1.165, 1.54) is 0 Å². The van der Waals surface area contributed by atoms with Gasteiger partial charge in [-0.3, -0.25) is 9.59 Å². The van der Waals surface area contributed by atoms with E-state index in [4.69, 9.17) is 9.84 Å². The van der Waals surface area contributed by atoms with Crippen molar-refractivity contribution in [3.63, 3.8) is 0 Å². The topological polar surface area (TPSA) is 83.9 Å². The molecule has 1 saturated carbocycles. The molecule has 0 unspecified atom stereocenters. The number of carbonyl (C=O) groups is 3. The second kappa shape index (κ2) is 2.97. The summed E-state index contributed by atoms with van der Waals surface area (Å²) in [7, 11) is 0. The maximum atomic E-state index is 11.4. The first-order valence-electron chi connectivity index (χ1n) is 4.33. The molecule has 0 spiro atoms. The minimum absolute atomic E-state index is 0.102. The van der Waals surface area contributed by atoms with E-state index in [9.17, 15) is 14.4 Å². The smallest absolute Gasteiger partial charge is 0.417 e. The minimum Gasteiger partial charge on any atom is -0.480 e. The molecule has 0 aromatic heterocycles. The first-order chi connectivity index (χ1) is 6.59. The molecule has 1 saturated heterocycles. The fourth-order valence-electron chi connectivity index (χ4n) is 1.44. The number of amides is 2. The van der Waals surface area contributed by atoms with Crippen molar-refractivity contribution in [2.24, 2.45) is 5.92 Å². The average molecular weight is 199 g/mol. The van der Waals surface area contributed by atoms with Crippen molar-refractivity contribution < 1.29 is 24.2 Å². The van der Waals surface area contributed by atoms with Crippen molar-refractivity contribution in [3.8, 4) is 0 Å². The zero-order valence-electron chi connectivity index (χ0n) is 7.30. The Balaban J connectivity index is 2.07. The molecule has 1 aliphatic carbocycles. The predicted octanol–water partition coefficient (Wildman–Crippen LogP) is -0.172. The highest BCUT2D eigenvalue weighted by Gasteiger charge is 2.49. The van der Waals surface area contributed by atoms with E-state index in [1.54, 1.807) is 0 Å². The Morgan fingerprint density at radius 2 is 2.14 bits per heavy atom. The lowest BCUT2D eigenvalue weighted by atomic mass is 10.2. The summed E-state index contributed by atoms with van der Waals surface area (Å²) in [6.45, 7) is -0.610. The second-order valence-corrected chi connectivity index (χ2v) is 3.46. The fraction of sp³-hybridized carbons (Fsp3) is 0.625. The molecule has 2 rings (SSSR count). The van der Waals surface area contributed by atoms with Crippen LogP contribution in [0.1, 0.15) is 12.8 Å². The number of nitrogens with zero attached hydrogens (tertiary/aromatic N) is 1. The number of carboxylic acid groups (broad SMARTS) is 1. The standard InChI is InChI=1S/C8H9NO5/c10-5(11)3-9-7(12)6(4-1-2-4)14-8(9)13/h4,6H,1-3H2,(H,10,11)/t6-/m0/s1. The highest BCUT2D eigenvalue weighted by molar-refractivity contribution is 6.02. The van der Waals surface area contributed by atoms with Gasteiger partial charge in [-0.15, -0.1) is 0 Å². The van der Waals surface area contributed by atoms with Crippen molar-refractivity contribution in [1.82, 2.24) is 4.90 Å². The molecule has 2 amide bonds. The molecule has 76 valence electrons. The molecular formula is C8H9NO5. The maximum absolute atomic E-state index is 11.4. The lowest BCUT2D eigenvalue weighted by Crippen LogP contribution is -2.36. The van der Waals surface area contributed by atoms with Crippen LogP contribution in [0, 0.1) is 5.92 Å². The van der Waals surface area contributed by atoms with Gasteiger partial charge < -0.3 is 9.84 Å². The van der Waals surface area contributed by atoms with E-state index in [0.717, 1.165) is 12.8 Å². The Labute approximate surface area is 79.4 Å². The number of ether oxygens (including phenoxy) is 1. The molecule has 1 atom stereocenters. The first-order valence-corrected chi connectivity index (χ1v) is 4.33. The van der Waals surface area contributed by atoms with E-state index in [2.05, 4.69) is 0 Å². The summed E-state index contributed by atoms with van der Waals surface area (Å²) in [6.07, 6.45) is 0.158. The Morgan fingerprint density at radius 1 is 1.50 bits per heavy atom. The van der Waals surface area contributed by atoms with Crippen LogP contribution in [0.4, 0.5) is 4.79 Å². The molecule has 6 heteroatoms. The SMILES string of the molecule is O=C(O)CN1C(=O)O[C@@H](C2CC2)C1=O. The van der Waals surface area contributed by atoms with Crippen LogP contribution in [0.15, 0.2) is 0 Å². The molecule has 6 nitrogen and oxygen atoms in total. The molecule has 0 radical (unpaired) electrons. The first kappa shape index (κ1) is 8.98. The number of hydrogen-bond acceptors (Lipinski definition) is 4. The monoisotopic (exact) mass is 199 g/mol. The van der Waals surface area contributed by atoms with Gasteiger partial charge in [0.1, 0.15) is 6.54 Å². The van der Waals surface area contributed by atoms with Gasteiger partial charge in [0, 0.05) is 5.92 Å². The Morgan fingerprint density at radius 3 is 2.64 bits per heavy atom. The molecule has 0 bridgehead atoms. The van der Waals surface area contributed by atoms with Crippen LogP contribution in [-0.4, -0.2) is 40.6 Å².